The van der Waals surface area contributed by atoms with Gasteiger partial charge in [0, 0.05) is 44.9 Å². The first-order valence-corrected chi connectivity index (χ1v) is 9.69. The van der Waals surface area contributed by atoms with Gasteiger partial charge in [0.2, 0.25) is 0 Å². The van der Waals surface area contributed by atoms with E-state index in [9.17, 15) is 18.4 Å². The number of carbonyl (C=O) groups excluding carboxylic acids is 2. The highest BCUT2D eigenvalue weighted by molar-refractivity contribution is 5.97. The molecule has 0 N–H and O–H groups in total. The van der Waals surface area contributed by atoms with Gasteiger partial charge in [0.05, 0.1) is 18.4 Å². The smallest absolute Gasteiger partial charge is 0.409 e. The van der Waals surface area contributed by atoms with Gasteiger partial charge in [-0.2, -0.15) is 0 Å². The second kappa shape index (κ2) is 8.17. The van der Waals surface area contributed by atoms with Crippen LogP contribution >= 0.6 is 0 Å². The van der Waals surface area contributed by atoms with E-state index >= 15 is 0 Å². The largest absolute Gasteiger partial charge is 0.463 e. The minimum Gasteiger partial charge on any atom is -0.463 e. The Labute approximate surface area is 171 Å². The summed E-state index contributed by atoms with van der Waals surface area (Å²) in [6.45, 7) is 3.73. The summed E-state index contributed by atoms with van der Waals surface area (Å²) in [6.07, 6.45) is 1.13. The van der Waals surface area contributed by atoms with Gasteiger partial charge in [-0.05, 0) is 24.6 Å². The number of piperazine rings is 1. The first-order chi connectivity index (χ1) is 14.5. The van der Waals surface area contributed by atoms with Crippen LogP contribution in [0.1, 0.15) is 23.0 Å². The molecule has 0 aliphatic carbocycles. The van der Waals surface area contributed by atoms with Crippen molar-refractivity contribution in [2.75, 3.05) is 32.8 Å². The molecule has 7 nitrogen and oxygen atoms in total. The Morgan fingerprint density at radius 1 is 1.03 bits per heavy atom. The van der Waals surface area contributed by atoms with Gasteiger partial charge in [-0.1, -0.05) is 6.07 Å². The van der Waals surface area contributed by atoms with Crippen molar-refractivity contribution in [2.24, 2.45) is 0 Å². The number of ether oxygens (including phenoxy) is 1. The maximum atomic E-state index is 13.6. The molecule has 1 aliphatic heterocycles. The molecule has 30 heavy (non-hydrogen) atoms. The van der Waals surface area contributed by atoms with Crippen LogP contribution in [0.4, 0.5) is 13.6 Å². The first-order valence-electron chi connectivity index (χ1n) is 9.69. The Hall–Kier alpha value is -3.36. The molecule has 1 aromatic carbocycles. The standard InChI is InChI=1S/C21H21F2N3O4/c1-2-29-21(28)25-8-6-24(7-9-25)20(27)18-12-19-17(5-10-30-19)26(18)13-14-3-4-15(22)16(23)11-14/h3-5,10-12H,2,6-9,13H2,1H3. The molecule has 0 atom stereocenters. The Kier molecular flexibility index (Phi) is 5.43. The zero-order chi connectivity index (χ0) is 21.3. The number of carbonyl (C=O) groups is 2. The molecule has 3 heterocycles. The third kappa shape index (κ3) is 3.74. The lowest BCUT2D eigenvalue weighted by atomic mass is 10.2. The van der Waals surface area contributed by atoms with Crippen molar-refractivity contribution in [2.45, 2.75) is 13.5 Å². The fourth-order valence-corrected chi connectivity index (χ4v) is 3.61. The van der Waals surface area contributed by atoms with Gasteiger partial charge in [-0.25, -0.2) is 13.6 Å². The molecular formula is C21H21F2N3O4. The molecule has 0 unspecified atom stereocenters. The summed E-state index contributed by atoms with van der Waals surface area (Å²) in [5, 5.41) is 0. The van der Waals surface area contributed by atoms with Gasteiger partial charge in [-0.3, -0.25) is 4.79 Å². The van der Waals surface area contributed by atoms with Crippen molar-refractivity contribution in [3.8, 4) is 0 Å². The number of benzene rings is 1. The third-order valence-electron chi connectivity index (χ3n) is 5.16. The molecule has 0 spiro atoms. The maximum Gasteiger partial charge on any atom is 0.409 e. The summed E-state index contributed by atoms with van der Waals surface area (Å²) in [5.41, 5.74) is 2.13. The number of nitrogens with zero attached hydrogens (tertiary/aromatic N) is 3. The van der Waals surface area contributed by atoms with Crippen molar-refractivity contribution >= 4 is 23.1 Å². The number of amides is 2. The average molecular weight is 417 g/mol. The van der Waals surface area contributed by atoms with Crippen molar-refractivity contribution in [1.29, 1.82) is 0 Å². The summed E-state index contributed by atoms with van der Waals surface area (Å²) in [6, 6.07) is 7.04. The van der Waals surface area contributed by atoms with Crippen molar-refractivity contribution in [3.63, 3.8) is 0 Å². The van der Waals surface area contributed by atoms with Gasteiger partial charge < -0.3 is 23.5 Å². The summed E-state index contributed by atoms with van der Waals surface area (Å²) in [7, 11) is 0. The fraction of sp³-hybridized carbons (Fsp3) is 0.333. The van der Waals surface area contributed by atoms with Crippen LogP contribution < -0.4 is 0 Å². The van der Waals surface area contributed by atoms with Crippen LogP contribution in [0.25, 0.3) is 11.1 Å². The minimum atomic E-state index is -0.939. The van der Waals surface area contributed by atoms with E-state index in [4.69, 9.17) is 9.15 Å². The normalized spacial score (nSPS) is 14.4. The maximum absolute atomic E-state index is 13.6. The lowest BCUT2D eigenvalue weighted by Crippen LogP contribution is -2.51. The van der Waals surface area contributed by atoms with Crippen LogP contribution in [0, 0.1) is 11.6 Å². The van der Waals surface area contributed by atoms with Crippen LogP contribution in [0.2, 0.25) is 0 Å². The van der Waals surface area contributed by atoms with E-state index in [1.807, 2.05) is 0 Å². The number of hydrogen-bond donors (Lipinski definition) is 0. The molecule has 0 saturated carbocycles. The molecule has 9 heteroatoms. The van der Waals surface area contributed by atoms with Gasteiger partial charge in [0.1, 0.15) is 5.69 Å². The quantitative estimate of drug-likeness (QED) is 0.652. The summed E-state index contributed by atoms with van der Waals surface area (Å²) >= 11 is 0. The van der Waals surface area contributed by atoms with Gasteiger partial charge >= 0.3 is 6.09 Å². The third-order valence-corrected chi connectivity index (χ3v) is 5.16. The van der Waals surface area contributed by atoms with Crippen molar-refractivity contribution < 1.29 is 27.5 Å². The molecule has 3 aromatic rings. The molecule has 1 aliphatic rings. The van der Waals surface area contributed by atoms with Crippen molar-refractivity contribution in [3.05, 3.63) is 59.5 Å². The molecule has 1 saturated heterocycles. The van der Waals surface area contributed by atoms with E-state index in [-0.39, 0.29) is 18.5 Å². The fourth-order valence-electron chi connectivity index (χ4n) is 3.61. The monoisotopic (exact) mass is 417 g/mol. The van der Waals surface area contributed by atoms with E-state index in [2.05, 4.69) is 0 Å². The van der Waals surface area contributed by atoms with Gasteiger partial charge in [0.25, 0.3) is 5.91 Å². The van der Waals surface area contributed by atoms with E-state index in [1.165, 1.54) is 12.3 Å². The molecule has 4 rings (SSSR count). The number of halogens is 2. The predicted octanol–water partition coefficient (Wildman–Crippen LogP) is 3.48. The van der Waals surface area contributed by atoms with Crippen LogP contribution in [-0.2, 0) is 11.3 Å². The van der Waals surface area contributed by atoms with Gasteiger partial charge in [-0.15, -0.1) is 0 Å². The second-order valence-electron chi connectivity index (χ2n) is 7.01. The molecule has 1 fully saturated rings. The minimum absolute atomic E-state index is 0.185. The van der Waals surface area contributed by atoms with Crippen LogP contribution in [0.5, 0.6) is 0 Å². The first kappa shape index (κ1) is 19.9. The summed E-state index contributed by atoms with van der Waals surface area (Å²) < 4.78 is 39.1. The highest BCUT2D eigenvalue weighted by Gasteiger charge is 2.28. The van der Waals surface area contributed by atoms with E-state index in [0.717, 1.165) is 12.1 Å². The Morgan fingerprint density at radius 3 is 2.47 bits per heavy atom. The topological polar surface area (TPSA) is 67.9 Å². The number of furan rings is 1. The van der Waals surface area contributed by atoms with E-state index < -0.39 is 11.6 Å². The number of fused-ring (bicyclic) bond motifs is 1. The molecule has 0 radical (unpaired) electrons. The predicted molar refractivity (Wildman–Crippen MR) is 104 cm³/mol. The number of aromatic nitrogens is 1. The molecule has 2 amide bonds. The average Bonchev–Trinajstić information content (AvgIpc) is 3.33. The van der Waals surface area contributed by atoms with Crippen LogP contribution in [0.3, 0.4) is 0 Å². The Morgan fingerprint density at radius 2 is 1.77 bits per heavy atom. The number of hydrogen-bond acceptors (Lipinski definition) is 4. The highest BCUT2D eigenvalue weighted by Crippen LogP contribution is 2.24. The zero-order valence-electron chi connectivity index (χ0n) is 16.4. The summed E-state index contributed by atoms with van der Waals surface area (Å²) in [5.74, 6) is -2.07. The van der Waals surface area contributed by atoms with E-state index in [1.54, 1.807) is 33.4 Å². The highest BCUT2D eigenvalue weighted by atomic mass is 19.2. The Balaban J connectivity index is 1.56. The molecular weight excluding hydrogens is 396 g/mol. The molecule has 2 aromatic heterocycles. The van der Waals surface area contributed by atoms with Gasteiger partial charge in [0.15, 0.2) is 17.2 Å². The van der Waals surface area contributed by atoms with Crippen LogP contribution in [0.15, 0.2) is 41.0 Å². The lowest BCUT2D eigenvalue weighted by molar-refractivity contribution is 0.0563. The van der Waals surface area contributed by atoms with E-state index in [0.29, 0.717) is 55.1 Å². The van der Waals surface area contributed by atoms with Crippen LogP contribution in [-0.4, -0.2) is 59.2 Å². The number of rotatable bonds is 4. The lowest BCUT2D eigenvalue weighted by Gasteiger charge is -2.34. The SMILES string of the molecule is CCOC(=O)N1CCN(C(=O)c2cc3occc3n2Cc2ccc(F)c(F)c2)CC1. The Bertz CT molecular complexity index is 1080. The molecule has 158 valence electrons. The van der Waals surface area contributed by atoms with Crippen molar-refractivity contribution in [1.82, 2.24) is 14.4 Å². The summed E-state index contributed by atoms with van der Waals surface area (Å²) in [4.78, 5) is 28.3. The zero-order valence-corrected chi connectivity index (χ0v) is 16.4. The second-order valence-corrected chi connectivity index (χ2v) is 7.01. The molecule has 0 bridgehead atoms.